The summed E-state index contributed by atoms with van der Waals surface area (Å²) in [7, 11) is 0. The lowest BCUT2D eigenvalue weighted by molar-refractivity contribution is -0.115. The van der Waals surface area contributed by atoms with Gasteiger partial charge in [0.25, 0.3) is 5.56 Å². The number of Topliss-reactive ketones (excluding diaryl/α,β-unsaturated/α-hetero) is 1. The normalized spacial score (nSPS) is 11.5. The predicted molar refractivity (Wildman–Crippen MR) is 101 cm³/mol. The van der Waals surface area contributed by atoms with E-state index in [9.17, 15) is 24.3 Å². The van der Waals surface area contributed by atoms with Gasteiger partial charge in [0.1, 0.15) is 0 Å². The van der Waals surface area contributed by atoms with Crippen molar-refractivity contribution in [3.8, 4) is 5.88 Å². The van der Waals surface area contributed by atoms with Crippen LogP contribution in [0.3, 0.4) is 0 Å². The maximum Gasteiger partial charge on any atom is 0.279 e. The van der Waals surface area contributed by atoms with E-state index in [2.05, 4.69) is 20.6 Å². The van der Waals surface area contributed by atoms with Gasteiger partial charge in [-0.1, -0.05) is 11.8 Å². The number of nitrogens with one attached hydrogen (secondary N) is 3. The molecule has 0 aliphatic heterocycles. The number of aromatic amines is 1. The molecule has 2 rings (SSSR count). The minimum atomic E-state index is -0.729. The summed E-state index contributed by atoms with van der Waals surface area (Å²) in [5, 5.41) is 14.0. The van der Waals surface area contributed by atoms with Crippen LogP contribution in [-0.4, -0.2) is 37.9 Å². The molecule has 0 aliphatic rings. The number of ketones is 1. The number of H-pyrrole nitrogens is 1. The van der Waals surface area contributed by atoms with Crippen LogP contribution >= 0.6 is 11.8 Å². The number of hydrogen-bond donors (Lipinski definition) is 4. The number of anilines is 2. The lowest BCUT2D eigenvalue weighted by Gasteiger charge is -2.12. The van der Waals surface area contributed by atoms with Gasteiger partial charge < -0.3 is 15.7 Å². The first-order valence-electron chi connectivity index (χ1n) is 7.86. The Hall–Kier alpha value is -3.14. The van der Waals surface area contributed by atoms with Crippen molar-refractivity contribution in [2.24, 2.45) is 0 Å². The Morgan fingerprint density at radius 3 is 2.30 bits per heavy atom. The first-order chi connectivity index (χ1) is 12.7. The monoisotopic (exact) mass is 390 g/mol. The topological polar surface area (TPSA) is 141 Å². The summed E-state index contributed by atoms with van der Waals surface area (Å²) < 4.78 is 0. The van der Waals surface area contributed by atoms with Crippen molar-refractivity contribution in [2.45, 2.75) is 31.2 Å². The molecule has 0 unspecified atom stereocenters. The fraction of sp³-hybridized carbons (Fsp3) is 0.235. The van der Waals surface area contributed by atoms with E-state index in [0.29, 0.717) is 11.3 Å². The number of nitrogens with zero attached hydrogens (tertiary/aromatic N) is 1. The molecular formula is C17H18N4O5S. The lowest BCUT2D eigenvalue weighted by Crippen LogP contribution is -2.24. The Morgan fingerprint density at radius 1 is 1.15 bits per heavy atom. The first kappa shape index (κ1) is 20.2. The van der Waals surface area contributed by atoms with Gasteiger partial charge >= 0.3 is 0 Å². The van der Waals surface area contributed by atoms with Gasteiger partial charge in [0, 0.05) is 18.2 Å². The highest BCUT2D eigenvalue weighted by molar-refractivity contribution is 8.00. The zero-order chi connectivity index (χ0) is 20.1. The number of aromatic hydroxyl groups is 1. The molecule has 0 fully saturated rings. The third-order valence-corrected chi connectivity index (χ3v) is 4.38. The Balaban J connectivity index is 2.06. The maximum atomic E-state index is 12.3. The summed E-state index contributed by atoms with van der Waals surface area (Å²) in [6.07, 6.45) is 0. The SMILES string of the molecule is CC(=O)Nc1c(O)nc(S[C@H](C)C(=O)Nc2ccc(C(C)=O)cc2)[nH]c1=O. The van der Waals surface area contributed by atoms with Crippen LogP contribution in [0.15, 0.2) is 34.2 Å². The Kier molecular flexibility index (Phi) is 6.35. The zero-order valence-electron chi connectivity index (χ0n) is 14.8. The minimum absolute atomic E-state index is 0.0289. The molecular weight excluding hydrogens is 372 g/mol. The molecule has 10 heteroatoms. The molecule has 2 amide bonds. The van der Waals surface area contributed by atoms with Gasteiger partial charge in [-0.25, -0.2) is 0 Å². The molecule has 0 spiro atoms. The van der Waals surface area contributed by atoms with Crippen molar-refractivity contribution in [1.82, 2.24) is 9.97 Å². The van der Waals surface area contributed by atoms with Crippen LogP contribution in [0.1, 0.15) is 31.1 Å². The van der Waals surface area contributed by atoms with Crippen LogP contribution in [0.2, 0.25) is 0 Å². The van der Waals surface area contributed by atoms with Crippen LogP contribution in [0.25, 0.3) is 0 Å². The van der Waals surface area contributed by atoms with Gasteiger partial charge in [0.15, 0.2) is 16.6 Å². The molecule has 0 radical (unpaired) electrons. The van der Waals surface area contributed by atoms with E-state index in [0.717, 1.165) is 11.8 Å². The maximum absolute atomic E-state index is 12.3. The molecule has 0 saturated heterocycles. The summed E-state index contributed by atoms with van der Waals surface area (Å²) in [5.41, 5.74) is -0.0307. The first-order valence-corrected chi connectivity index (χ1v) is 8.74. The molecule has 27 heavy (non-hydrogen) atoms. The largest absolute Gasteiger partial charge is 0.492 e. The molecule has 0 bridgehead atoms. The summed E-state index contributed by atoms with van der Waals surface area (Å²) in [4.78, 5) is 52.6. The van der Waals surface area contributed by atoms with Crippen molar-refractivity contribution in [3.05, 3.63) is 40.2 Å². The van der Waals surface area contributed by atoms with Crippen molar-refractivity contribution >= 4 is 40.7 Å². The second-order valence-corrected chi connectivity index (χ2v) is 6.96. The predicted octanol–water partition coefficient (Wildman–Crippen LogP) is 1.76. The van der Waals surface area contributed by atoms with E-state index in [1.165, 1.54) is 13.8 Å². The molecule has 0 saturated carbocycles. The number of benzene rings is 1. The van der Waals surface area contributed by atoms with Gasteiger partial charge in [-0.05, 0) is 38.1 Å². The molecule has 4 N–H and O–H groups in total. The second-order valence-electron chi connectivity index (χ2n) is 5.63. The van der Waals surface area contributed by atoms with E-state index in [4.69, 9.17) is 0 Å². The molecule has 142 valence electrons. The zero-order valence-corrected chi connectivity index (χ0v) is 15.6. The summed E-state index contributed by atoms with van der Waals surface area (Å²) in [5.74, 6) is -1.59. The number of aromatic nitrogens is 2. The summed E-state index contributed by atoms with van der Waals surface area (Å²) in [6.45, 7) is 4.24. The third-order valence-electron chi connectivity index (χ3n) is 3.40. The standard InChI is InChI=1S/C17H18N4O5S/c1-8(22)11-4-6-12(7-5-11)19-14(24)9(2)27-17-20-15(25)13(16(26)21-17)18-10(3)23/h4-7,9H,1-3H3,(H,18,23)(H,19,24)(H2,20,21,25,26)/t9-/m1/s1. The molecule has 1 heterocycles. The number of carbonyl (C=O) groups is 3. The minimum Gasteiger partial charge on any atom is -0.492 e. The Bertz CT molecular complexity index is 939. The summed E-state index contributed by atoms with van der Waals surface area (Å²) in [6, 6.07) is 6.43. The van der Waals surface area contributed by atoms with E-state index >= 15 is 0 Å². The van der Waals surface area contributed by atoms with Gasteiger partial charge in [-0.15, -0.1) is 0 Å². The average molecular weight is 390 g/mol. The fourth-order valence-corrected chi connectivity index (χ4v) is 2.83. The molecule has 1 aromatic heterocycles. The van der Waals surface area contributed by atoms with Gasteiger partial charge in [0.05, 0.1) is 5.25 Å². The Morgan fingerprint density at radius 2 is 1.78 bits per heavy atom. The quantitative estimate of drug-likeness (QED) is 0.334. The number of amides is 2. The van der Waals surface area contributed by atoms with Gasteiger partial charge in [-0.2, -0.15) is 4.98 Å². The Labute approximate surface area is 158 Å². The molecule has 9 nitrogen and oxygen atoms in total. The molecule has 1 atom stereocenters. The number of rotatable bonds is 6. The van der Waals surface area contributed by atoms with Crippen LogP contribution in [0, 0.1) is 0 Å². The van der Waals surface area contributed by atoms with Crippen LogP contribution < -0.4 is 16.2 Å². The number of carbonyl (C=O) groups excluding carboxylic acids is 3. The van der Waals surface area contributed by atoms with Gasteiger partial charge in [0.2, 0.25) is 17.7 Å². The van der Waals surface area contributed by atoms with Crippen molar-refractivity contribution in [1.29, 1.82) is 0 Å². The van der Waals surface area contributed by atoms with Crippen LogP contribution in [-0.2, 0) is 9.59 Å². The fourth-order valence-electron chi connectivity index (χ4n) is 2.04. The van der Waals surface area contributed by atoms with Crippen LogP contribution in [0.4, 0.5) is 11.4 Å². The van der Waals surface area contributed by atoms with Crippen molar-refractivity contribution < 1.29 is 19.5 Å². The second kappa shape index (κ2) is 8.49. The molecule has 1 aromatic carbocycles. The molecule has 0 aliphatic carbocycles. The average Bonchev–Trinajstić information content (AvgIpc) is 2.58. The number of thioether (sulfide) groups is 1. The highest BCUT2D eigenvalue weighted by Crippen LogP contribution is 2.24. The van der Waals surface area contributed by atoms with Crippen molar-refractivity contribution in [3.63, 3.8) is 0 Å². The van der Waals surface area contributed by atoms with E-state index in [-0.39, 0.29) is 22.5 Å². The lowest BCUT2D eigenvalue weighted by atomic mass is 10.1. The van der Waals surface area contributed by atoms with E-state index < -0.39 is 22.6 Å². The molecule has 2 aromatic rings. The van der Waals surface area contributed by atoms with Crippen molar-refractivity contribution in [2.75, 3.05) is 10.6 Å². The van der Waals surface area contributed by atoms with E-state index in [1.807, 2.05) is 0 Å². The third kappa shape index (κ3) is 5.42. The highest BCUT2D eigenvalue weighted by Gasteiger charge is 2.19. The summed E-state index contributed by atoms with van der Waals surface area (Å²) >= 11 is 0.929. The van der Waals surface area contributed by atoms with Gasteiger partial charge in [-0.3, -0.25) is 24.2 Å². The smallest absolute Gasteiger partial charge is 0.279 e. The highest BCUT2D eigenvalue weighted by atomic mass is 32.2. The number of hydrogen-bond acceptors (Lipinski definition) is 7. The van der Waals surface area contributed by atoms with E-state index in [1.54, 1.807) is 31.2 Å². The van der Waals surface area contributed by atoms with Crippen LogP contribution in [0.5, 0.6) is 5.88 Å².